The molecule has 0 atom stereocenters. The highest BCUT2D eigenvalue weighted by molar-refractivity contribution is 7.99. The second kappa shape index (κ2) is 6.17. The molecule has 0 bridgehead atoms. The van der Waals surface area contributed by atoms with E-state index in [1.165, 1.54) is 11.8 Å². The molecule has 2 aromatic carbocycles. The number of rotatable bonds is 3. The summed E-state index contributed by atoms with van der Waals surface area (Å²) in [4.78, 5) is 5.37. The molecule has 4 aromatic rings. The molecule has 0 radical (unpaired) electrons. The fourth-order valence-corrected chi connectivity index (χ4v) is 3.50. The van der Waals surface area contributed by atoms with Gasteiger partial charge < -0.3 is 5.32 Å². The van der Waals surface area contributed by atoms with Crippen molar-refractivity contribution in [3.63, 3.8) is 0 Å². The van der Waals surface area contributed by atoms with Crippen molar-refractivity contribution >= 4 is 34.1 Å². The van der Waals surface area contributed by atoms with Crippen molar-refractivity contribution in [2.45, 2.75) is 16.1 Å². The van der Waals surface area contributed by atoms with E-state index in [-0.39, 0.29) is 5.65 Å². The number of anilines is 1. The average molecular weight is 375 g/mol. The lowest BCUT2D eigenvalue weighted by Crippen LogP contribution is -2.12. The third-order valence-electron chi connectivity index (χ3n) is 3.79. The normalized spacial score (nSPS) is 12.0. The van der Waals surface area contributed by atoms with Gasteiger partial charge in [-0.3, -0.25) is 4.40 Å². The second-order valence-corrected chi connectivity index (χ2v) is 6.53. The highest BCUT2D eigenvalue weighted by atomic mass is 32.2. The molecular formula is C17H12F3N5S. The van der Waals surface area contributed by atoms with E-state index < -0.39 is 12.0 Å². The maximum absolute atomic E-state index is 13.5. The Morgan fingerprint density at radius 1 is 1.04 bits per heavy atom. The third-order valence-corrected chi connectivity index (χ3v) is 4.77. The van der Waals surface area contributed by atoms with Crippen LogP contribution in [0.3, 0.4) is 0 Å². The van der Waals surface area contributed by atoms with Crippen molar-refractivity contribution in [3.8, 4) is 0 Å². The Labute approximate surface area is 150 Å². The molecule has 2 heterocycles. The van der Waals surface area contributed by atoms with Gasteiger partial charge in [-0.25, -0.2) is 4.98 Å². The van der Waals surface area contributed by atoms with Crippen molar-refractivity contribution < 1.29 is 13.2 Å². The van der Waals surface area contributed by atoms with Crippen molar-refractivity contribution in [1.82, 2.24) is 19.6 Å². The number of nitrogens with one attached hydrogen (secondary N) is 1. The number of benzene rings is 2. The van der Waals surface area contributed by atoms with Crippen molar-refractivity contribution in [2.24, 2.45) is 0 Å². The molecule has 0 aliphatic rings. The minimum Gasteiger partial charge on any atom is -0.388 e. The summed E-state index contributed by atoms with van der Waals surface area (Å²) in [5, 5.41) is 10.4. The molecule has 0 saturated heterocycles. The molecule has 0 fully saturated rings. The molecule has 9 heteroatoms. The number of halogens is 3. The summed E-state index contributed by atoms with van der Waals surface area (Å²) in [7, 11) is 1.70. The zero-order valence-electron chi connectivity index (χ0n) is 13.4. The third kappa shape index (κ3) is 2.84. The fourth-order valence-electron chi connectivity index (χ4n) is 2.62. The van der Waals surface area contributed by atoms with Crippen molar-refractivity contribution in [1.29, 1.82) is 0 Å². The maximum Gasteiger partial charge on any atom is 0.452 e. The van der Waals surface area contributed by atoms with Gasteiger partial charge in [0.2, 0.25) is 5.82 Å². The van der Waals surface area contributed by atoms with Gasteiger partial charge in [0.15, 0.2) is 5.65 Å². The van der Waals surface area contributed by atoms with Crippen LogP contribution in [0.5, 0.6) is 0 Å². The standard InChI is InChI=1S/C17H12F3N5S/c1-21-10-7-8-12-13(9-10)25-14(23-24-16(25)17(18,19)20)15(22-12)26-11-5-3-2-4-6-11/h2-9,21H,1H3. The van der Waals surface area contributed by atoms with Crippen LogP contribution >= 0.6 is 11.8 Å². The predicted octanol–water partition coefficient (Wildman–Crippen LogP) is 4.49. The van der Waals surface area contributed by atoms with Gasteiger partial charge in [0.1, 0.15) is 5.03 Å². The Bertz CT molecular complexity index is 1090. The van der Waals surface area contributed by atoms with E-state index in [0.717, 1.165) is 9.30 Å². The lowest BCUT2D eigenvalue weighted by Gasteiger charge is -2.11. The molecule has 26 heavy (non-hydrogen) atoms. The topological polar surface area (TPSA) is 55.1 Å². The first-order valence-electron chi connectivity index (χ1n) is 7.64. The zero-order chi connectivity index (χ0) is 18.3. The molecule has 0 amide bonds. The quantitative estimate of drug-likeness (QED) is 0.572. The number of nitrogens with zero attached hydrogens (tertiary/aromatic N) is 4. The van der Waals surface area contributed by atoms with Gasteiger partial charge in [0.05, 0.1) is 11.0 Å². The molecule has 0 saturated carbocycles. The monoisotopic (exact) mass is 375 g/mol. The molecule has 0 spiro atoms. The van der Waals surface area contributed by atoms with E-state index >= 15 is 0 Å². The maximum atomic E-state index is 13.5. The Balaban J connectivity index is 2.02. The average Bonchev–Trinajstić information content (AvgIpc) is 3.08. The van der Waals surface area contributed by atoms with Crippen molar-refractivity contribution in [2.75, 3.05) is 12.4 Å². The van der Waals surface area contributed by atoms with Gasteiger partial charge in [-0.15, -0.1) is 10.2 Å². The fraction of sp³-hybridized carbons (Fsp3) is 0.118. The highest BCUT2D eigenvalue weighted by Gasteiger charge is 2.38. The van der Waals surface area contributed by atoms with Crippen LogP contribution in [0.1, 0.15) is 5.82 Å². The summed E-state index contributed by atoms with van der Waals surface area (Å²) in [6.07, 6.45) is -4.63. The molecule has 0 aliphatic carbocycles. The molecule has 0 unspecified atom stereocenters. The number of fused-ring (bicyclic) bond motifs is 3. The summed E-state index contributed by atoms with van der Waals surface area (Å²) in [5.41, 5.74) is 1.47. The number of hydrogen-bond donors (Lipinski definition) is 1. The van der Waals surface area contributed by atoms with Gasteiger partial charge in [-0.1, -0.05) is 30.0 Å². The number of alkyl halides is 3. The Morgan fingerprint density at radius 2 is 1.81 bits per heavy atom. The Hall–Kier alpha value is -2.81. The van der Waals surface area contributed by atoms with E-state index in [9.17, 15) is 13.2 Å². The molecule has 2 aromatic heterocycles. The summed E-state index contributed by atoms with van der Waals surface area (Å²) in [5.74, 6) is -1.07. The molecular weight excluding hydrogens is 363 g/mol. The molecule has 4 rings (SSSR count). The van der Waals surface area contributed by atoms with E-state index in [0.29, 0.717) is 21.7 Å². The summed E-state index contributed by atoms with van der Waals surface area (Å²) in [6.45, 7) is 0. The lowest BCUT2D eigenvalue weighted by atomic mass is 10.2. The minimum atomic E-state index is -4.63. The summed E-state index contributed by atoms with van der Waals surface area (Å²) in [6, 6.07) is 14.3. The molecule has 5 nitrogen and oxygen atoms in total. The molecule has 0 aliphatic heterocycles. The predicted molar refractivity (Wildman–Crippen MR) is 93.4 cm³/mol. The first-order valence-corrected chi connectivity index (χ1v) is 8.46. The first kappa shape index (κ1) is 16.6. The van der Waals surface area contributed by atoms with Crippen LogP contribution in [0.4, 0.5) is 18.9 Å². The van der Waals surface area contributed by atoms with Crippen LogP contribution in [-0.2, 0) is 6.18 Å². The van der Waals surface area contributed by atoms with Gasteiger partial charge in [-0.2, -0.15) is 13.2 Å². The SMILES string of the molecule is CNc1ccc2nc(Sc3ccccc3)c3nnc(C(F)(F)F)n3c2c1. The van der Waals surface area contributed by atoms with Crippen LogP contribution < -0.4 is 5.32 Å². The summed E-state index contributed by atoms with van der Waals surface area (Å²) < 4.78 is 41.4. The van der Waals surface area contributed by atoms with Gasteiger partial charge in [-0.05, 0) is 30.3 Å². The first-order chi connectivity index (χ1) is 12.5. The lowest BCUT2D eigenvalue weighted by molar-refractivity contribution is -0.145. The minimum absolute atomic E-state index is 0.0759. The van der Waals surface area contributed by atoms with Crippen molar-refractivity contribution in [3.05, 3.63) is 54.4 Å². The second-order valence-electron chi connectivity index (χ2n) is 5.47. The Morgan fingerprint density at radius 3 is 2.50 bits per heavy atom. The highest BCUT2D eigenvalue weighted by Crippen LogP contribution is 2.35. The summed E-state index contributed by atoms with van der Waals surface area (Å²) >= 11 is 1.25. The van der Waals surface area contributed by atoms with Crippen LogP contribution in [0.2, 0.25) is 0 Å². The van der Waals surface area contributed by atoms with Crippen LogP contribution in [0, 0.1) is 0 Å². The van der Waals surface area contributed by atoms with Crippen LogP contribution in [-0.4, -0.2) is 26.6 Å². The van der Waals surface area contributed by atoms with E-state index in [1.54, 1.807) is 25.2 Å². The van der Waals surface area contributed by atoms with Crippen LogP contribution in [0.25, 0.3) is 16.7 Å². The van der Waals surface area contributed by atoms with Gasteiger partial charge >= 0.3 is 6.18 Å². The van der Waals surface area contributed by atoms with E-state index in [4.69, 9.17) is 0 Å². The van der Waals surface area contributed by atoms with E-state index in [1.807, 2.05) is 30.3 Å². The van der Waals surface area contributed by atoms with Gasteiger partial charge in [0, 0.05) is 17.6 Å². The van der Waals surface area contributed by atoms with Gasteiger partial charge in [0.25, 0.3) is 0 Å². The smallest absolute Gasteiger partial charge is 0.388 e. The number of hydrogen-bond acceptors (Lipinski definition) is 5. The van der Waals surface area contributed by atoms with E-state index in [2.05, 4.69) is 20.5 Å². The largest absolute Gasteiger partial charge is 0.452 e. The Kier molecular flexibility index (Phi) is 3.95. The molecule has 1 N–H and O–H groups in total. The zero-order valence-corrected chi connectivity index (χ0v) is 14.3. The molecule has 132 valence electrons. The van der Waals surface area contributed by atoms with Crippen LogP contribution in [0.15, 0.2) is 58.5 Å². The number of aromatic nitrogens is 4.